The second-order valence-electron chi connectivity index (χ2n) is 5.02. The summed E-state index contributed by atoms with van der Waals surface area (Å²) in [5.74, 6) is 0.441. The Kier molecular flexibility index (Phi) is 4.40. The Hall–Kier alpha value is -0.870. The van der Waals surface area contributed by atoms with Gasteiger partial charge in [-0.15, -0.1) is 0 Å². The van der Waals surface area contributed by atoms with Gasteiger partial charge < -0.3 is 10.6 Å². The minimum atomic E-state index is 0.160. The summed E-state index contributed by atoms with van der Waals surface area (Å²) in [7, 11) is 0. The zero-order valence-electron chi connectivity index (χ0n) is 10.6. The first-order valence-electron chi connectivity index (χ1n) is 6.35. The van der Waals surface area contributed by atoms with E-state index in [0.717, 1.165) is 17.4 Å². The van der Waals surface area contributed by atoms with Crippen LogP contribution in [-0.2, 0) is 4.79 Å². The van der Waals surface area contributed by atoms with Crippen LogP contribution in [0.25, 0.3) is 0 Å². The zero-order chi connectivity index (χ0) is 13.1. The first kappa shape index (κ1) is 13.6. The van der Waals surface area contributed by atoms with Crippen molar-refractivity contribution < 1.29 is 4.79 Å². The molecule has 0 bridgehead atoms. The zero-order valence-corrected chi connectivity index (χ0v) is 12.2. The number of likely N-dealkylation sites (tertiary alicyclic amines) is 1. The van der Waals surface area contributed by atoms with Gasteiger partial charge in [-0.1, -0.05) is 41.1 Å². The predicted molar refractivity (Wildman–Crippen MR) is 76.3 cm³/mol. The Morgan fingerprint density at radius 1 is 1.56 bits per heavy atom. The second kappa shape index (κ2) is 5.85. The first-order chi connectivity index (χ1) is 8.58. The normalized spacial score (nSPS) is 21.1. The number of amides is 1. The summed E-state index contributed by atoms with van der Waals surface area (Å²) in [5.41, 5.74) is 7.02. The van der Waals surface area contributed by atoms with Crippen molar-refractivity contribution in [1.82, 2.24) is 4.90 Å². The van der Waals surface area contributed by atoms with Crippen LogP contribution in [0, 0.1) is 0 Å². The third-order valence-corrected chi connectivity index (χ3v) is 4.22. The number of benzene rings is 1. The van der Waals surface area contributed by atoms with E-state index >= 15 is 0 Å². The van der Waals surface area contributed by atoms with E-state index in [0.29, 0.717) is 13.0 Å². The summed E-state index contributed by atoms with van der Waals surface area (Å²) in [6, 6.07) is 8.24. The second-order valence-corrected chi connectivity index (χ2v) is 5.87. The van der Waals surface area contributed by atoms with Crippen LogP contribution in [0.15, 0.2) is 28.7 Å². The highest BCUT2D eigenvalue weighted by atomic mass is 79.9. The van der Waals surface area contributed by atoms with Crippen LogP contribution in [0.3, 0.4) is 0 Å². The lowest BCUT2D eigenvalue weighted by Gasteiger charge is -2.19. The van der Waals surface area contributed by atoms with E-state index in [1.807, 2.05) is 23.1 Å². The standard InChI is InChI=1S/C14H19BrN2O/c1-10(12-4-2-3-5-13(12)15)8-14(18)17-7-6-11(16)9-17/h2-5,10-11H,6-9,16H2,1H3/t10-,11-/m0/s1. The molecule has 0 aliphatic carbocycles. The van der Waals surface area contributed by atoms with Crippen LogP contribution < -0.4 is 5.73 Å². The molecule has 0 unspecified atom stereocenters. The van der Waals surface area contributed by atoms with Crippen molar-refractivity contribution in [2.24, 2.45) is 5.73 Å². The van der Waals surface area contributed by atoms with E-state index < -0.39 is 0 Å². The summed E-state index contributed by atoms with van der Waals surface area (Å²) < 4.78 is 1.07. The molecular weight excluding hydrogens is 292 g/mol. The van der Waals surface area contributed by atoms with Gasteiger partial charge in [0.05, 0.1) is 0 Å². The number of halogens is 1. The van der Waals surface area contributed by atoms with Crippen LogP contribution in [-0.4, -0.2) is 29.9 Å². The van der Waals surface area contributed by atoms with Crippen molar-refractivity contribution in [3.05, 3.63) is 34.3 Å². The molecule has 3 nitrogen and oxygen atoms in total. The van der Waals surface area contributed by atoms with Crippen molar-refractivity contribution in [1.29, 1.82) is 0 Å². The van der Waals surface area contributed by atoms with Crippen molar-refractivity contribution in [2.45, 2.75) is 31.7 Å². The Balaban J connectivity index is 1.97. The molecule has 1 saturated heterocycles. The van der Waals surface area contributed by atoms with Crippen LogP contribution >= 0.6 is 15.9 Å². The highest BCUT2D eigenvalue weighted by Crippen LogP contribution is 2.27. The highest BCUT2D eigenvalue weighted by Gasteiger charge is 2.25. The van der Waals surface area contributed by atoms with Crippen LogP contribution in [0.5, 0.6) is 0 Å². The number of hydrogen-bond donors (Lipinski definition) is 1. The average molecular weight is 311 g/mol. The fourth-order valence-corrected chi connectivity index (χ4v) is 3.07. The van der Waals surface area contributed by atoms with Gasteiger partial charge in [0, 0.05) is 30.0 Å². The van der Waals surface area contributed by atoms with Crippen molar-refractivity contribution in [3.8, 4) is 0 Å². The highest BCUT2D eigenvalue weighted by molar-refractivity contribution is 9.10. The third-order valence-electron chi connectivity index (χ3n) is 3.49. The molecule has 1 aliphatic heterocycles. The molecule has 0 aromatic heterocycles. The molecule has 18 heavy (non-hydrogen) atoms. The quantitative estimate of drug-likeness (QED) is 0.932. The lowest BCUT2D eigenvalue weighted by Crippen LogP contribution is -2.32. The van der Waals surface area contributed by atoms with E-state index in [2.05, 4.69) is 28.9 Å². The molecule has 1 heterocycles. The molecule has 98 valence electrons. The molecular formula is C14H19BrN2O. The Bertz CT molecular complexity index is 436. The van der Waals surface area contributed by atoms with E-state index in [1.54, 1.807) is 0 Å². The fraction of sp³-hybridized carbons (Fsp3) is 0.500. The van der Waals surface area contributed by atoms with Gasteiger partial charge in [0.25, 0.3) is 0 Å². The maximum atomic E-state index is 12.1. The van der Waals surface area contributed by atoms with Crippen molar-refractivity contribution in [2.75, 3.05) is 13.1 Å². The van der Waals surface area contributed by atoms with Gasteiger partial charge in [0.15, 0.2) is 0 Å². The molecule has 1 aliphatic rings. The van der Waals surface area contributed by atoms with E-state index in [4.69, 9.17) is 5.73 Å². The number of rotatable bonds is 3. The van der Waals surface area contributed by atoms with E-state index in [1.165, 1.54) is 5.56 Å². The Morgan fingerprint density at radius 3 is 2.89 bits per heavy atom. The molecule has 1 aromatic carbocycles. The number of hydrogen-bond acceptors (Lipinski definition) is 2. The summed E-state index contributed by atoms with van der Waals surface area (Å²) >= 11 is 3.53. The third kappa shape index (κ3) is 3.12. The fourth-order valence-electron chi connectivity index (χ4n) is 2.39. The number of carbonyl (C=O) groups is 1. The Morgan fingerprint density at radius 2 is 2.28 bits per heavy atom. The number of nitrogens with two attached hydrogens (primary N) is 1. The molecule has 2 N–H and O–H groups in total. The van der Waals surface area contributed by atoms with Gasteiger partial charge in [-0.3, -0.25) is 4.79 Å². The van der Waals surface area contributed by atoms with Gasteiger partial charge in [0.1, 0.15) is 0 Å². The average Bonchev–Trinajstić information content (AvgIpc) is 2.76. The van der Waals surface area contributed by atoms with E-state index in [9.17, 15) is 4.79 Å². The smallest absolute Gasteiger partial charge is 0.223 e. The molecule has 2 rings (SSSR count). The molecule has 0 spiro atoms. The van der Waals surface area contributed by atoms with Gasteiger partial charge in [-0.05, 0) is 24.0 Å². The van der Waals surface area contributed by atoms with Gasteiger partial charge in [-0.25, -0.2) is 0 Å². The van der Waals surface area contributed by atoms with Crippen LogP contribution in [0.1, 0.15) is 31.2 Å². The molecule has 1 aromatic rings. The van der Waals surface area contributed by atoms with Crippen LogP contribution in [0.4, 0.5) is 0 Å². The number of carbonyl (C=O) groups excluding carboxylic acids is 1. The molecule has 4 heteroatoms. The molecule has 2 atom stereocenters. The number of nitrogens with zero attached hydrogens (tertiary/aromatic N) is 1. The van der Waals surface area contributed by atoms with Gasteiger partial charge in [0.2, 0.25) is 5.91 Å². The predicted octanol–water partition coefficient (Wildman–Crippen LogP) is 2.50. The van der Waals surface area contributed by atoms with Crippen molar-refractivity contribution in [3.63, 3.8) is 0 Å². The molecule has 1 amide bonds. The summed E-state index contributed by atoms with van der Waals surface area (Å²) in [6.45, 7) is 3.61. The maximum Gasteiger partial charge on any atom is 0.223 e. The molecule has 1 fully saturated rings. The summed E-state index contributed by atoms with van der Waals surface area (Å²) in [5, 5.41) is 0. The van der Waals surface area contributed by atoms with E-state index in [-0.39, 0.29) is 17.9 Å². The minimum absolute atomic E-state index is 0.160. The van der Waals surface area contributed by atoms with Crippen molar-refractivity contribution >= 4 is 21.8 Å². The monoisotopic (exact) mass is 310 g/mol. The van der Waals surface area contributed by atoms with Gasteiger partial charge >= 0.3 is 0 Å². The lowest BCUT2D eigenvalue weighted by molar-refractivity contribution is -0.130. The SMILES string of the molecule is C[C@@H](CC(=O)N1CC[C@H](N)C1)c1ccccc1Br. The summed E-state index contributed by atoms with van der Waals surface area (Å²) in [4.78, 5) is 14.0. The topological polar surface area (TPSA) is 46.3 Å². The summed E-state index contributed by atoms with van der Waals surface area (Å²) in [6.07, 6.45) is 1.48. The largest absolute Gasteiger partial charge is 0.341 e. The van der Waals surface area contributed by atoms with Crippen LogP contribution in [0.2, 0.25) is 0 Å². The minimum Gasteiger partial charge on any atom is -0.341 e. The van der Waals surface area contributed by atoms with Gasteiger partial charge in [-0.2, -0.15) is 0 Å². The maximum absolute atomic E-state index is 12.1. The lowest BCUT2D eigenvalue weighted by atomic mass is 9.97. The molecule has 0 saturated carbocycles. The molecule has 0 radical (unpaired) electrons. The Labute approximate surface area is 116 Å². The first-order valence-corrected chi connectivity index (χ1v) is 7.15.